The van der Waals surface area contributed by atoms with Crippen molar-refractivity contribution in [2.24, 2.45) is 0 Å². The van der Waals surface area contributed by atoms with Gasteiger partial charge in [0.15, 0.2) is 0 Å². The van der Waals surface area contributed by atoms with E-state index in [-0.39, 0.29) is 18.0 Å². The number of hydrogen-bond acceptors (Lipinski definition) is 2. The van der Waals surface area contributed by atoms with Crippen LogP contribution in [0.5, 0.6) is 0 Å². The van der Waals surface area contributed by atoms with Crippen LogP contribution >= 0.6 is 11.6 Å². The van der Waals surface area contributed by atoms with Gasteiger partial charge in [0.25, 0.3) is 5.91 Å². The van der Waals surface area contributed by atoms with Crippen molar-refractivity contribution in [1.29, 1.82) is 0 Å². The normalized spacial score (nSPS) is 12.5. The highest BCUT2D eigenvalue weighted by atomic mass is 35.5. The fraction of sp³-hybridized carbons (Fsp3) is 0.0909. The first kappa shape index (κ1) is 18.1. The van der Waals surface area contributed by atoms with Gasteiger partial charge in [0, 0.05) is 25.0 Å². The highest BCUT2D eigenvalue weighted by molar-refractivity contribution is 6.34. The lowest BCUT2D eigenvalue weighted by Crippen LogP contribution is -2.24. The molecular weight excluding hydrogens is 382 g/mol. The summed E-state index contributed by atoms with van der Waals surface area (Å²) in [5.41, 5.74) is 3.23. The van der Waals surface area contributed by atoms with Crippen LogP contribution in [0.3, 0.4) is 0 Å². The van der Waals surface area contributed by atoms with Crippen molar-refractivity contribution >= 4 is 17.5 Å². The van der Waals surface area contributed by atoms with Gasteiger partial charge in [-0.15, -0.1) is 0 Å². The minimum absolute atomic E-state index is 0.0866. The van der Waals surface area contributed by atoms with Gasteiger partial charge in [0.05, 0.1) is 22.7 Å². The molecule has 1 aromatic heterocycles. The molecule has 0 spiro atoms. The van der Waals surface area contributed by atoms with Crippen molar-refractivity contribution in [3.63, 3.8) is 0 Å². The summed E-state index contributed by atoms with van der Waals surface area (Å²) < 4.78 is 26.6. The predicted octanol–water partition coefficient (Wildman–Crippen LogP) is 4.69. The maximum Gasteiger partial charge on any atom is 0.256 e. The molecule has 0 fully saturated rings. The number of aromatic nitrogens is 1. The summed E-state index contributed by atoms with van der Waals surface area (Å²) in [4.78, 5) is 18.2. The Balaban J connectivity index is 1.56. The summed E-state index contributed by atoms with van der Waals surface area (Å²) in [6.45, 7) is 0.485. The van der Waals surface area contributed by atoms with Crippen molar-refractivity contribution < 1.29 is 13.6 Å². The zero-order chi connectivity index (χ0) is 19.7. The van der Waals surface area contributed by atoms with E-state index < -0.39 is 11.6 Å². The molecule has 4 rings (SSSR count). The zero-order valence-electron chi connectivity index (χ0n) is 14.5. The lowest BCUT2D eigenvalue weighted by atomic mass is 10.0. The highest BCUT2D eigenvalue weighted by Gasteiger charge is 2.29. The number of pyridine rings is 1. The lowest BCUT2D eigenvalue weighted by Gasteiger charge is -2.10. The molecule has 0 bridgehead atoms. The van der Waals surface area contributed by atoms with E-state index >= 15 is 0 Å². The quantitative estimate of drug-likeness (QED) is 0.591. The molecule has 3 nitrogen and oxygen atoms in total. The Morgan fingerprint density at radius 3 is 2.61 bits per heavy atom. The first-order valence-corrected chi connectivity index (χ1v) is 8.87. The van der Waals surface area contributed by atoms with Crippen molar-refractivity contribution in [2.45, 2.75) is 6.54 Å². The van der Waals surface area contributed by atoms with E-state index in [9.17, 15) is 13.6 Å². The van der Waals surface area contributed by atoms with Crippen molar-refractivity contribution in [1.82, 2.24) is 9.88 Å². The molecular formula is C22H13ClF2N2O. The minimum Gasteiger partial charge on any atom is -0.323 e. The van der Waals surface area contributed by atoms with Gasteiger partial charge in [-0.2, -0.15) is 0 Å². The molecule has 0 N–H and O–H groups in total. The molecule has 0 saturated heterocycles. The maximum atomic E-state index is 13.7. The van der Waals surface area contributed by atoms with Gasteiger partial charge in [-0.05, 0) is 53.1 Å². The number of halogens is 3. The first-order chi connectivity index (χ1) is 13.5. The van der Waals surface area contributed by atoms with E-state index in [2.05, 4.69) is 16.8 Å². The van der Waals surface area contributed by atoms with Crippen molar-refractivity contribution in [3.05, 3.63) is 88.2 Å². The fourth-order valence-corrected chi connectivity index (χ4v) is 3.44. The summed E-state index contributed by atoms with van der Waals surface area (Å²) in [5.74, 6) is 3.82. The van der Waals surface area contributed by atoms with Crippen LogP contribution in [-0.2, 0) is 6.54 Å². The molecule has 0 radical (unpaired) electrons. The van der Waals surface area contributed by atoms with Gasteiger partial charge < -0.3 is 4.90 Å². The summed E-state index contributed by atoms with van der Waals surface area (Å²) in [5, 5.41) is 0.384. The standard InChI is InChI=1S/C22H13ClF2N2O/c23-19-11-16(14-5-7-26-8-6-14)10-17-13-27(22(28)21(17)19)9-1-2-15-3-4-18(24)12-20(15)25/h3-8,10-12H,9,13H2. The molecule has 1 aliphatic rings. The largest absolute Gasteiger partial charge is 0.323 e. The third-order valence-corrected chi connectivity index (χ3v) is 4.77. The molecule has 6 heteroatoms. The number of fused-ring (bicyclic) bond motifs is 1. The predicted molar refractivity (Wildman–Crippen MR) is 103 cm³/mol. The Bertz CT molecular complexity index is 1140. The van der Waals surface area contributed by atoms with Gasteiger partial charge in [-0.3, -0.25) is 9.78 Å². The topological polar surface area (TPSA) is 33.2 Å². The van der Waals surface area contributed by atoms with Crippen molar-refractivity contribution in [3.8, 4) is 23.0 Å². The molecule has 0 atom stereocenters. The second kappa shape index (κ2) is 7.41. The second-order valence-corrected chi connectivity index (χ2v) is 6.72. The number of nitrogens with zero attached hydrogens (tertiary/aromatic N) is 2. The van der Waals surface area contributed by atoms with Crippen molar-refractivity contribution in [2.75, 3.05) is 6.54 Å². The number of carbonyl (C=O) groups is 1. The SMILES string of the molecule is O=C1c2c(Cl)cc(-c3ccncc3)cc2CN1CC#Cc1ccc(F)cc1F. The van der Waals surface area contributed by atoms with Crippen LogP contribution in [0.4, 0.5) is 8.78 Å². The minimum atomic E-state index is -0.728. The average Bonchev–Trinajstić information content (AvgIpc) is 3.00. The lowest BCUT2D eigenvalue weighted by molar-refractivity contribution is 0.0799. The van der Waals surface area contributed by atoms with Crippen LogP contribution in [0.15, 0.2) is 54.9 Å². The number of rotatable bonds is 2. The van der Waals surface area contributed by atoms with Gasteiger partial charge in [0.2, 0.25) is 0 Å². The van der Waals surface area contributed by atoms with E-state index in [1.54, 1.807) is 23.4 Å². The Kier molecular flexibility index (Phi) is 4.81. The summed E-state index contributed by atoms with van der Waals surface area (Å²) >= 11 is 6.37. The number of carbonyl (C=O) groups excluding carboxylic acids is 1. The Hall–Kier alpha value is -3.23. The monoisotopic (exact) mass is 394 g/mol. The van der Waals surface area contributed by atoms with E-state index in [1.807, 2.05) is 18.2 Å². The molecule has 1 amide bonds. The molecule has 3 aromatic rings. The van der Waals surface area contributed by atoms with Crippen LogP contribution < -0.4 is 0 Å². The first-order valence-electron chi connectivity index (χ1n) is 8.49. The summed E-state index contributed by atoms with van der Waals surface area (Å²) in [6.07, 6.45) is 3.39. The number of benzene rings is 2. The van der Waals surface area contributed by atoms with E-state index in [0.29, 0.717) is 17.1 Å². The molecule has 1 aliphatic heterocycles. The van der Waals surface area contributed by atoms with Gasteiger partial charge >= 0.3 is 0 Å². The molecule has 28 heavy (non-hydrogen) atoms. The molecule has 0 unspecified atom stereocenters. The van der Waals surface area contributed by atoms with Crippen LogP contribution in [-0.4, -0.2) is 22.3 Å². The third kappa shape index (κ3) is 3.47. The van der Waals surface area contributed by atoms with Gasteiger partial charge in [0.1, 0.15) is 11.6 Å². The second-order valence-electron chi connectivity index (χ2n) is 6.32. The number of hydrogen-bond donors (Lipinski definition) is 0. The van der Waals surface area contributed by atoms with Gasteiger partial charge in [-0.25, -0.2) is 8.78 Å². The molecule has 0 saturated carbocycles. The molecule has 0 aliphatic carbocycles. The van der Waals surface area contributed by atoms with E-state index in [0.717, 1.165) is 28.8 Å². The fourth-order valence-electron chi connectivity index (χ4n) is 3.12. The van der Waals surface area contributed by atoms with Crippen LogP contribution in [0.1, 0.15) is 21.5 Å². The Morgan fingerprint density at radius 2 is 1.86 bits per heavy atom. The smallest absolute Gasteiger partial charge is 0.256 e. The maximum absolute atomic E-state index is 13.7. The van der Waals surface area contributed by atoms with E-state index in [1.165, 1.54) is 6.07 Å². The van der Waals surface area contributed by atoms with E-state index in [4.69, 9.17) is 11.6 Å². The third-order valence-electron chi connectivity index (χ3n) is 4.47. The zero-order valence-corrected chi connectivity index (χ0v) is 15.3. The van der Waals surface area contributed by atoms with Crippen LogP contribution in [0.2, 0.25) is 5.02 Å². The molecule has 2 aromatic carbocycles. The molecule has 138 valence electrons. The summed E-state index contributed by atoms with van der Waals surface area (Å²) in [7, 11) is 0. The Labute approximate surface area is 165 Å². The van der Waals surface area contributed by atoms with Gasteiger partial charge in [-0.1, -0.05) is 23.4 Å². The highest BCUT2D eigenvalue weighted by Crippen LogP contribution is 2.34. The van der Waals surface area contributed by atoms with Crippen LogP contribution in [0, 0.1) is 23.5 Å². The van der Waals surface area contributed by atoms with Crippen LogP contribution in [0.25, 0.3) is 11.1 Å². The summed E-state index contributed by atoms with van der Waals surface area (Å²) in [6, 6.07) is 10.6. The number of amides is 1. The Morgan fingerprint density at radius 1 is 1.07 bits per heavy atom. The average molecular weight is 395 g/mol. The molecule has 2 heterocycles.